The molecule has 1 aliphatic rings. The maximum Gasteiger partial charge on any atom is 0.274 e. The highest BCUT2D eigenvalue weighted by Crippen LogP contribution is 2.18. The molecule has 0 atom stereocenters. The second kappa shape index (κ2) is 4.87. The number of hydrogen-bond acceptors (Lipinski definition) is 3. The number of nitrogens with one attached hydrogen (secondary N) is 1. The first-order valence-electron chi connectivity index (χ1n) is 6.23. The molecule has 2 heterocycles. The molecular formula is C12H20N4O. The molecule has 0 fully saturated rings. The van der Waals surface area contributed by atoms with Crippen molar-refractivity contribution in [1.82, 2.24) is 20.0 Å². The molecule has 1 amide bonds. The van der Waals surface area contributed by atoms with Crippen molar-refractivity contribution in [3.63, 3.8) is 0 Å². The van der Waals surface area contributed by atoms with E-state index in [1.807, 2.05) is 30.5 Å². The standard InChI is InChI=1S/C12H20N4O/c1-4-16(5-2)12(17)11-9-8-13-7-6-10(9)15(3)14-11/h13H,4-8H2,1-3H3. The predicted octanol–water partition coefficient (Wildman–Crippen LogP) is 0.548. The molecule has 2 rings (SSSR count). The summed E-state index contributed by atoms with van der Waals surface area (Å²) < 4.78 is 1.85. The number of aromatic nitrogens is 2. The van der Waals surface area contributed by atoms with Gasteiger partial charge in [-0.05, 0) is 13.8 Å². The van der Waals surface area contributed by atoms with Crippen molar-refractivity contribution in [3.8, 4) is 0 Å². The van der Waals surface area contributed by atoms with Crippen molar-refractivity contribution in [3.05, 3.63) is 17.0 Å². The quantitative estimate of drug-likeness (QED) is 0.833. The highest BCUT2D eigenvalue weighted by molar-refractivity contribution is 5.94. The maximum absolute atomic E-state index is 12.3. The smallest absolute Gasteiger partial charge is 0.274 e. The molecule has 17 heavy (non-hydrogen) atoms. The first-order chi connectivity index (χ1) is 8.19. The average molecular weight is 236 g/mol. The summed E-state index contributed by atoms with van der Waals surface area (Å²) in [5.74, 6) is 0.0514. The Labute approximate surface area is 102 Å². The summed E-state index contributed by atoms with van der Waals surface area (Å²) >= 11 is 0. The Bertz CT molecular complexity index is 420. The number of amides is 1. The fraction of sp³-hybridized carbons (Fsp3) is 0.667. The van der Waals surface area contributed by atoms with Crippen molar-refractivity contribution in [2.24, 2.45) is 7.05 Å². The van der Waals surface area contributed by atoms with Gasteiger partial charge in [-0.25, -0.2) is 0 Å². The van der Waals surface area contributed by atoms with Gasteiger partial charge in [0, 0.05) is 50.9 Å². The Morgan fingerprint density at radius 1 is 1.47 bits per heavy atom. The van der Waals surface area contributed by atoms with E-state index in [9.17, 15) is 4.79 Å². The summed E-state index contributed by atoms with van der Waals surface area (Å²) in [5.41, 5.74) is 2.90. The van der Waals surface area contributed by atoms with E-state index in [0.717, 1.165) is 38.2 Å². The largest absolute Gasteiger partial charge is 0.338 e. The zero-order valence-electron chi connectivity index (χ0n) is 10.8. The van der Waals surface area contributed by atoms with Crippen LogP contribution in [0.25, 0.3) is 0 Å². The van der Waals surface area contributed by atoms with Gasteiger partial charge >= 0.3 is 0 Å². The number of hydrogen-bond donors (Lipinski definition) is 1. The lowest BCUT2D eigenvalue weighted by molar-refractivity contribution is 0.0765. The predicted molar refractivity (Wildman–Crippen MR) is 65.9 cm³/mol. The maximum atomic E-state index is 12.3. The van der Waals surface area contributed by atoms with Gasteiger partial charge in [0.25, 0.3) is 5.91 Å². The third-order valence-electron chi connectivity index (χ3n) is 3.37. The molecular weight excluding hydrogens is 216 g/mol. The van der Waals surface area contributed by atoms with Gasteiger partial charge in [-0.15, -0.1) is 0 Å². The summed E-state index contributed by atoms with van der Waals surface area (Å²) in [7, 11) is 1.92. The van der Waals surface area contributed by atoms with Gasteiger partial charge in [-0.1, -0.05) is 0 Å². The number of fused-ring (bicyclic) bond motifs is 1. The highest BCUT2D eigenvalue weighted by Gasteiger charge is 2.25. The molecule has 0 radical (unpaired) electrons. The van der Waals surface area contributed by atoms with E-state index < -0.39 is 0 Å². The SMILES string of the molecule is CCN(CC)C(=O)c1nn(C)c2c1CNCC2. The monoisotopic (exact) mass is 236 g/mol. The summed E-state index contributed by atoms with van der Waals surface area (Å²) in [6.45, 7) is 7.17. The molecule has 1 N–H and O–H groups in total. The Hall–Kier alpha value is -1.36. The van der Waals surface area contributed by atoms with Crippen LogP contribution in [0.1, 0.15) is 35.6 Å². The molecule has 0 aliphatic carbocycles. The van der Waals surface area contributed by atoms with Crippen LogP contribution in [-0.4, -0.2) is 40.2 Å². The van der Waals surface area contributed by atoms with Gasteiger partial charge in [0.05, 0.1) is 0 Å². The number of carbonyl (C=O) groups excluding carboxylic acids is 1. The Morgan fingerprint density at radius 3 is 2.82 bits per heavy atom. The van der Waals surface area contributed by atoms with Crippen molar-refractivity contribution in [1.29, 1.82) is 0 Å². The molecule has 94 valence electrons. The van der Waals surface area contributed by atoms with Crippen LogP contribution in [0, 0.1) is 0 Å². The summed E-state index contributed by atoms with van der Waals surface area (Å²) in [5, 5.41) is 7.69. The lowest BCUT2D eigenvalue weighted by Crippen LogP contribution is -2.32. The number of aryl methyl sites for hydroxylation is 1. The molecule has 0 spiro atoms. The molecule has 0 saturated heterocycles. The van der Waals surface area contributed by atoms with Gasteiger partial charge in [0.1, 0.15) is 0 Å². The van der Waals surface area contributed by atoms with Crippen LogP contribution in [0.2, 0.25) is 0 Å². The number of rotatable bonds is 3. The lowest BCUT2D eigenvalue weighted by Gasteiger charge is -2.19. The van der Waals surface area contributed by atoms with Crippen LogP contribution >= 0.6 is 0 Å². The van der Waals surface area contributed by atoms with E-state index in [1.54, 1.807) is 0 Å². The second-order valence-corrected chi connectivity index (χ2v) is 4.30. The van der Waals surface area contributed by atoms with Crippen molar-refractivity contribution in [2.75, 3.05) is 19.6 Å². The van der Waals surface area contributed by atoms with E-state index in [0.29, 0.717) is 5.69 Å². The third kappa shape index (κ3) is 2.07. The minimum absolute atomic E-state index is 0.0514. The van der Waals surface area contributed by atoms with Gasteiger partial charge in [-0.2, -0.15) is 5.10 Å². The summed E-state index contributed by atoms with van der Waals surface area (Å²) in [6.07, 6.45) is 0.949. The van der Waals surface area contributed by atoms with E-state index >= 15 is 0 Å². The van der Waals surface area contributed by atoms with Crippen LogP contribution in [0.3, 0.4) is 0 Å². The fourth-order valence-electron chi connectivity index (χ4n) is 2.35. The van der Waals surface area contributed by atoms with Crippen LogP contribution < -0.4 is 5.32 Å². The minimum Gasteiger partial charge on any atom is -0.338 e. The van der Waals surface area contributed by atoms with Crippen molar-refractivity contribution >= 4 is 5.91 Å². The van der Waals surface area contributed by atoms with Gasteiger partial charge in [0.15, 0.2) is 5.69 Å². The topological polar surface area (TPSA) is 50.2 Å². The van der Waals surface area contributed by atoms with E-state index in [1.165, 1.54) is 5.69 Å². The second-order valence-electron chi connectivity index (χ2n) is 4.30. The van der Waals surface area contributed by atoms with E-state index in [2.05, 4.69) is 10.4 Å². The molecule has 0 saturated carbocycles. The van der Waals surface area contributed by atoms with Crippen molar-refractivity contribution in [2.45, 2.75) is 26.8 Å². The first-order valence-corrected chi connectivity index (χ1v) is 6.23. The molecule has 1 aliphatic heterocycles. The van der Waals surface area contributed by atoms with Gasteiger partial charge < -0.3 is 10.2 Å². The Morgan fingerprint density at radius 2 is 2.18 bits per heavy atom. The van der Waals surface area contributed by atoms with Gasteiger partial charge in [0.2, 0.25) is 0 Å². The average Bonchev–Trinajstić information content (AvgIpc) is 2.69. The Balaban J connectivity index is 2.35. The van der Waals surface area contributed by atoms with E-state index in [4.69, 9.17) is 0 Å². The zero-order valence-corrected chi connectivity index (χ0v) is 10.8. The molecule has 0 bridgehead atoms. The van der Waals surface area contributed by atoms with E-state index in [-0.39, 0.29) is 5.91 Å². The first kappa shape index (κ1) is 12.1. The van der Waals surface area contributed by atoms with Crippen molar-refractivity contribution < 1.29 is 4.79 Å². The van der Waals surface area contributed by atoms with Crippen LogP contribution in [-0.2, 0) is 20.0 Å². The molecule has 0 aromatic carbocycles. The summed E-state index contributed by atoms with van der Waals surface area (Å²) in [4.78, 5) is 14.1. The summed E-state index contributed by atoms with van der Waals surface area (Å²) in [6, 6.07) is 0. The number of carbonyl (C=O) groups is 1. The Kier molecular flexibility index (Phi) is 3.47. The minimum atomic E-state index is 0.0514. The molecule has 1 aromatic rings. The van der Waals surface area contributed by atoms with Crippen LogP contribution in [0.5, 0.6) is 0 Å². The molecule has 1 aromatic heterocycles. The highest BCUT2D eigenvalue weighted by atomic mass is 16.2. The normalized spacial score (nSPS) is 14.5. The molecule has 5 nitrogen and oxygen atoms in total. The van der Waals surface area contributed by atoms with Crippen LogP contribution in [0.4, 0.5) is 0 Å². The number of nitrogens with zero attached hydrogens (tertiary/aromatic N) is 3. The van der Waals surface area contributed by atoms with Crippen LogP contribution in [0.15, 0.2) is 0 Å². The third-order valence-corrected chi connectivity index (χ3v) is 3.37. The fourth-order valence-corrected chi connectivity index (χ4v) is 2.35. The lowest BCUT2D eigenvalue weighted by atomic mass is 10.1. The molecule has 0 unspecified atom stereocenters. The van der Waals surface area contributed by atoms with Gasteiger partial charge in [-0.3, -0.25) is 9.48 Å². The molecule has 5 heteroatoms. The zero-order chi connectivity index (χ0) is 12.4.